The topological polar surface area (TPSA) is 103 Å². The Morgan fingerprint density at radius 1 is 1.34 bits per heavy atom. The number of hydrogen-bond acceptors (Lipinski definition) is 6. The Morgan fingerprint density at radius 3 is 3.00 bits per heavy atom. The smallest absolute Gasteiger partial charge is 0.266 e. The molecule has 2 heterocycles. The lowest BCUT2D eigenvalue weighted by Gasteiger charge is -2.24. The molecule has 0 saturated carbocycles. The fourth-order valence-corrected chi connectivity index (χ4v) is 3.62. The van der Waals surface area contributed by atoms with Gasteiger partial charge in [0.05, 0.1) is 5.69 Å². The molecule has 1 aliphatic rings. The van der Waals surface area contributed by atoms with E-state index in [1.807, 2.05) is 31.2 Å². The molecular formula is C21H23N5O3. The van der Waals surface area contributed by atoms with Crippen molar-refractivity contribution in [1.82, 2.24) is 25.2 Å². The van der Waals surface area contributed by atoms with Gasteiger partial charge in [0.15, 0.2) is 0 Å². The second-order valence-electron chi connectivity index (χ2n) is 7.41. The Bertz CT molecular complexity index is 1100. The molecule has 0 aliphatic heterocycles. The highest BCUT2D eigenvalue weighted by Crippen LogP contribution is 2.20. The van der Waals surface area contributed by atoms with Crippen molar-refractivity contribution in [2.75, 3.05) is 0 Å². The Balaban J connectivity index is 1.32. The molecule has 150 valence electrons. The molecule has 1 N–H and O–H groups in total. The number of rotatable bonds is 5. The lowest BCUT2D eigenvalue weighted by molar-refractivity contribution is -0.121. The molecule has 1 unspecified atom stereocenters. The zero-order valence-corrected chi connectivity index (χ0v) is 16.5. The van der Waals surface area contributed by atoms with Gasteiger partial charge in [0.2, 0.25) is 17.6 Å². The largest absolute Gasteiger partial charge is 0.353 e. The zero-order valence-electron chi connectivity index (χ0n) is 16.5. The number of nitrogens with zero attached hydrogens (tertiary/aromatic N) is 4. The first-order valence-corrected chi connectivity index (χ1v) is 9.73. The first-order valence-electron chi connectivity index (χ1n) is 9.73. The molecule has 0 fully saturated rings. The molecular weight excluding hydrogens is 370 g/mol. The second-order valence-corrected chi connectivity index (χ2v) is 7.41. The molecule has 4 rings (SSSR count). The summed E-state index contributed by atoms with van der Waals surface area (Å²) in [6.45, 7) is 1.99. The van der Waals surface area contributed by atoms with Gasteiger partial charge in [-0.3, -0.25) is 9.59 Å². The van der Waals surface area contributed by atoms with E-state index < -0.39 is 0 Å². The number of hydrogen-bond donors (Lipinski definition) is 1. The number of fused-ring (bicyclic) bond motifs is 1. The van der Waals surface area contributed by atoms with E-state index in [2.05, 4.69) is 20.6 Å². The zero-order chi connectivity index (χ0) is 20.4. The molecule has 0 radical (unpaired) electrons. The minimum Gasteiger partial charge on any atom is -0.353 e. The lowest BCUT2D eigenvalue weighted by atomic mass is 9.92. The molecule has 8 heteroatoms. The average molecular weight is 393 g/mol. The van der Waals surface area contributed by atoms with Crippen molar-refractivity contribution in [2.24, 2.45) is 7.05 Å². The summed E-state index contributed by atoms with van der Waals surface area (Å²) in [6.07, 6.45) is 2.84. The first kappa shape index (κ1) is 19.0. The van der Waals surface area contributed by atoms with Crippen molar-refractivity contribution in [2.45, 2.75) is 45.1 Å². The molecule has 1 amide bonds. The van der Waals surface area contributed by atoms with Crippen molar-refractivity contribution < 1.29 is 9.32 Å². The van der Waals surface area contributed by atoms with Gasteiger partial charge < -0.3 is 9.84 Å². The van der Waals surface area contributed by atoms with Crippen LogP contribution in [0.4, 0.5) is 0 Å². The molecule has 0 saturated heterocycles. The van der Waals surface area contributed by atoms with Gasteiger partial charge in [0.1, 0.15) is 0 Å². The van der Waals surface area contributed by atoms with E-state index in [0.29, 0.717) is 24.6 Å². The highest BCUT2D eigenvalue weighted by atomic mass is 16.5. The predicted octanol–water partition coefficient (Wildman–Crippen LogP) is 1.75. The first-order chi connectivity index (χ1) is 14.0. The number of benzene rings is 1. The van der Waals surface area contributed by atoms with Crippen LogP contribution >= 0.6 is 0 Å². The normalized spacial score (nSPS) is 15.7. The van der Waals surface area contributed by atoms with Crippen LogP contribution in [0.2, 0.25) is 0 Å². The van der Waals surface area contributed by atoms with Crippen molar-refractivity contribution in [3.05, 3.63) is 63.4 Å². The highest BCUT2D eigenvalue weighted by Gasteiger charge is 2.22. The maximum absolute atomic E-state index is 12.4. The predicted molar refractivity (Wildman–Crippen MR) is 106 cm³/mol. The second kappa shape index (κ2) is 7.98. The van der Waals surface area contributed by atoms with E-state index >= 15 is 0 Å². The van der Waals surface area contributed by atoms with Crippen molar-refractivity contribution in [3.63, 3.8) is 0 Å². The van der Waals surface area contributed by atoms with Crippen LogP contribution in [0.25, 0.3) is 11.4 Å². The summed E-state index contributed by atoms with van der Waals surface area (Å²) in [4.78, 5) is 28.6. The van der Waals surface area contributed by atoms with Gasteiger partial charge in [-0.05, 0) is 37.3 Å². The van der Waals surface area contributed by atoms with Crippen molar-refractivity contribution in [1.29, 1.82) is 0 Å². The third kappa shape index (κ3) is 4.26. The third-order valence-corrected chi connectivity index (χ3v) is 5.24. The van der Waals surface area contributed by atoms with E-state index in [4.69, 9.17) is 4.52 Å². The van der Waals surface area contributed by atoms with Crippen LogP contribution in [-0.4, -0.2) is 31.9 Å². The van der Waals surface area contributed by atoms with Crippen molar-refractivity contribution >= 4 is 5.91 Å². The van der Waals surface area contributed by atoms with Crippen LogP contribution in [0, 0.1) is 6.92 Å². The molecule has 3 aromatic rings. The lowest BCUT2D eigenvalue weighted by Crippen LogP contribution is -2.40. The molecule has 8 nitrogen and oxygen atoms in total. The molecule has 0 spiro atoms. The van der Waals surface area contributed by atoms with Gasteiger partial charge in [0.25, 0.3) is 5.56 Å². The van der Waals surface area contributed by atoms with Crippen LogP contribution in [0.3, 0.4) is 0 Å². The quantitative estimate of drug-likeness (QED) is 0.708. The fourth-order valence-electron chi connectivity index (χ4n) is 3.62. The summed E-state index contributed by atoms with van der Waals surface area (Å²) in [7, 11) is 1.65. The summed E-state index contributed by atoms with van der Waals surface area (Å²) in [6, 6.07) is 9.45. The fraction of sp³-hybridized carbons (Fsp3) is 0.381. The number of aromatic nitrogens is 4. The third-order valence-electron chi connectivity index (χ3n) is 5.24. The Kier molecular flexibility index (Phi) is 5.24. The van der Waals surface area contributed by atoms with E-state index in [1.165, 1.54) is 4.68 Å². The minimum absolute atomic E-state index is 0.00845. The summed E-state index contributed by atoms with van der Waals surface area (Å²) in [5, 5.41) is 11.4. The Labute approximate surface area is 167 Å². The van der Waals surface area contributed by atoms with E-state index in [9.17, 15) is 9.59 Å². The molecule has 1 aromatic carbocycles. The summed E-state index contributed by atoms with van der Waals surface area (Å²) in [5.41, 5.74) is 3.72. The summed E-state index contributed by atoms with van der Waals surface area (Å²) < 4.78 is 6.65. The Morgan fingerprint density at radius 2 is 2.17 bits per heavy atom. The minimum atomic E-state index is -0.128. The summed E-state index contributed by atoms with van der Waals surface area (Å²) in [5.74, 6) is 0.919. The maximum atomic E-state index is 12.4. The number of carbonyl (C=O) groups excluding carboxylic acids is 1. The molecule has 1 atom stereocenters. The molecule has 2 aromatic heterocycles. The monoisotopic (exact) mass is 393 g/mol. The highest BCUT2D eigenvalue weighted by molar-refractivity contribution is 5.76. The average Bonchev–Trinajstić information content (AvgIpc) is 3.17. The van der Waals surface area contributed by atoms with Gasteiger partial charge >= 0.3 is 0 Å². The standard InChI is InChI=1S/C21H23N5O3/c1-13-5-3-4-6-16(13)21-23-19(29-25-21)10-9-18(27)22-15-7-8-17-14(11-15)12-20(28)26(2)24-17/h3-6,12,15H,7-11H2,1-2H3,(H,22,27). The van der Waals surface area contributed by atoms with Crippen LogP contribution < -0.4 is 10.9 Å². The van der Waals surface area contributed by atoms with Crippen molar-refractivity contribution in [3.8, 4) is 11.4 Å². The van der Waals surface area contributed by atoms with Crippen LogP contribution in [0.1, 0.15) is 35.6 Å². The van der Waals surface area contributed by atoms with E-state index in [1.54, 1.807) is 13.1 Å². The summed E-state index contributed by atoms with van der Waals surface area (Å²) >= 11 is 0. The van der Waals surface area contributed by atoms with Gasteiger partial charge in [0, 0.05) is 37.6 Å². The van der Waals surface area contributed by atoms with Gasteiger partial charge in [-0.25, -0.2) is 4.68 Å². The van der Waals surface area contributed by atoms with E-state index in [-0.39, 0.29) is 23.9 Å². The van der Waals surface area contributed by atoms with Crippen LogP contribution in [0.15, 0.2) is 39.6 Å². The number of nitrogens with one attached hydrogen (secondary N) is 1. The Hall–Kier alpha value is -3.29. The maximum Gasteiger partial charge on any atom is 0.266 e. The number of aryl methyl sites for hydroxylation is 4. The van der Waals surface area contributed by atoms with Gasteiger partial charge in [-0.15, -0.1) is 0 Å². The number of amides is 1. The number of carbonyl (C=O) groups is 1. The SMILES string of the molecule is Cc1ccccc1-c1noc(CCC(=O)NC2CCc3nn(C)c(=O)cc3C2)n1. The van der Waals surface area contributed by atoms with Gasteiger partial charge in [-0.1, -0.05) is 29.4 Å². The molecule has 29 heavy (non-hydrogen) atoms. The molecule has 1 aliphatic carbocycles. The van der Waals surface area contributed by atoms with Crippen LogP contribution in [0.5, 0.6) is 0 Å². The van der Waals surface area contributed by atoms with Crippen LogP contribution in [-0.2, 0) is 31.1 Å². The van der Waals surface area contributed by atoms with Gasteiger partial charge in [-0.2, -0.15) is 10.1 Å². The van der Waals surface area contributed by atoms with E-state index in [0.717, 1.165) is 35.2 Å². The molecule has 0 bridgehead atoms.